The summed E-state index contributed by atoms with van der Waals surface area (Å²) in [4.78, 5) is 7.55. The minimum atomic E-state index is 0.480. The van der Waals surface area contributed by atoms with Gasteiger partial charge in [-0.1, -0.05) is 26.0 Å². The van der Waals surface area contributed by atoms with Crippen molar-refractivity contribution in [3.8, 4) is 0 Å². The molecule has 1 aromatic heterocycles. The summed E-state index contributed by atoms with van der Waals surface area (Å²) >= 11 is 2.11. The van der Waals surface area contributed by atoms with E-state index in [-0.39, 0.29) is 0 Å². The van der Waals surface area contributed by atoms with Crippen molar-refractivity contribution in [1.29, 1.82) is 0 Å². The van der Waals surface area contributed by atoms with Gasteiger partial charge in [0, 0.05) is 30.8 Å². The molecular formula is C17H23N3S. The molecule has 4 heteroatoms. The van der Waals surface area contributed by atoms with E-state index in [1.807, 2.05) is 0 Å². The number of rotatable bonds is 3. The summed E-state index contributed by atoms with van der Waals surface area (Å²) in [7, 11) is 0. The number of likely N-dealkylation sites (tertiary alicyclic amines) is 1. The zero-order chi connectivity index (χ0) is 14.4. The molecule has 3 heterocycles. The summed E-state index contributed by atoms with van der Waals surface area (Å²) in [6.45, 7) is 6.90. The first-order valence-electron chi connectivity index (χ1n) is 8.02. The quantitative estimate of drug-likeness (QED) is 0.865. The van der Waals surface area contributed by atoms with Crippen molar-refractivity contribution in [2.75, 3.05) is 24.6 Å². The van der Waals surface area contributed by atoms with E-state index < -0.39 is 0 Å². The highest BCUT2D eigenvalue weighted by Crippen LogP contribution is 2.34. The molecule has 0 amide bonds. The van der Waals surface area contributed by atoms with Crippen molar-refractivity contribution in [2.24, 2.45) is 0 Å². The molecule has 3 nitrogen and oxygen atoms in total. The predicted molar refractivity (Wildman–Crippen MR) is 90.2 cm³/mol. The summed E-state index contributed by atoms with van der Waals surface area (Å²) in [5.41, 5.74) is 2.46. The Morgan fingerprint density at radius 2 is 2.00 bits per heavy atom. The van der Waals surface area contributed by atoms with Crippen molar-refractivity contribution in [1.82, 2.24) is 14.5 Å². The SMILES string of the molecule is CC(C)c1nc2ccccc2n1C1CN(C2CCSC2)C1. The Hall–Kier alpha value is -1.00. The largest absolute Gasteiger partial charge is 0.322 e. The van der Waals surface area contributed by atoms with E-state index in [2.05, 4.69) is 59.3 Å². The molecule has 112 valence electrons. The van der Waals surface area contributed by atoms with Gasteiger partial charge in [-0.2, -0.15) is 11.8 Å². The van der Waals surface area contributed by atoms with Crippen LogP contribution >= 0.6 is 11.8 Å². The van der Waals surface area contributed by atoms with Gasteiger partial charge in [-0.25, -0.2) is 4.98 Å². The van der Waals surface area contributed by atoms with Crippen molar-refractivity contribution < 1.29 is 0 Å². The Kier molecular flexibility index (Phi) is 3.46. The molecule has 1 unspecified atom stereocenters. The zero-order valence-electron chi connectivity index (χ0n) is 12.8. The Labute approximate surface area is 130 Å². The maximum absolute atomic E-state index is 4.88. The van der Waals surface area contributed by atoms with E-state index in [0.29, 0.717) is 12.0 Å². The van der Waals surface area contributed by atoms with Crippen LogP contribution in [-0.2, 0) is 0 Å². The number of aromatic nitrogens is 2. The topological polar surface area (TPSA) is 21.1 Å². The first-order chi connectivity index (χ1) is 10.2. The third-order valence-corrected chi connectivity index (χ3v) is 5.96. The number of nitrogens with zero attached hydrogens (tertiary/aromatic N) is 3. The summed E-state index contributed by atoms with van der Waals surface area (Å²) < 4.78 is 2.51. The average molecular weight is 301 g/mol. The second-order valence-electron chi connectivity index (χ2n) is 6.61. The summed E-state index contributed by atoms with van der Waals surface area (Å²) in [6.07, 6.45) is 1.37. The fourth-order valence-electron chi connectivity index (χ4n) is 3.61. The van der Waals surface area contributed by atoms with Gasteiger partial charge >= 0.3 is 0 Å². The number of imidazole rings is 1. The van der Waals surface area contributed by atoms with Crippen LogP contribution in [0.2, 0.25) is 0 Å². The van der Waals surface area contributed by atoms with Crippen LogP contribution in [0.1, 0.15) is 38.1 Å². The fraction of sp³-hybridized carbons (Fsp3) is 0.588. The van der Waals surface area contributed by atoms with E-state index in [1.165, 1.54) is 42.4 Å². The van der Waals surface area contributed by atoms with Crippen LogP contribution < -0.4 is 0 Å². The Balaban J connectivity index is 1.62. The molecule has 0 spiro atoms. The Bertz CT molecular complexity index is 637. The second kappa shape index (κ2) is 5.33. The molecule has 0 saturated carbocycles. The minimum absolute atomic E-state index is 0.480. The average Bonchev–Trinajstić information content (AvgIpc) is 3.05. The maximum Gasteiger partial charge on any atom is 0.112 e. The molecule has 0 radical (unpaired) electrons. The first-order valence-corrected chi connectivity index (χ1v) is 9.18. The third-order valence-electron chi connectivity index (χ3n) is 4.82. The van der Waals surface area contributed by atoms with Gasteiger partial charge < -0.3 is 4.57 Å². The third kappa shape index (κ3) is 2.29. The number of hydrogen-bond donors (Lipinski definition) is 0. The molecule has 2 aliphatic heterocycles. The molecule has 1 aromatic carbocycles. The number of thioether (sulfide) groups is 1. The molecule has 0 N–H and O–H groups in total. The molecule has 2 aliphatic rings. The van der Waals surface area contributed by atoms with E-state index >= 15 is 0 Å². The molecule has 0 aliphatic carbocycles. The lowest BCUT2D eigenvalue weighted by Crippen LogP contribution is -2.53. The van der Waals surface area contributed by atoms with Gasteiger partial charge in [-0.15, -0.1) is 0 Å². The molecule has 1 atom stereocenters. The molecule has 0 bridgehead atoms. The van der Waals surface area contributed by atoms with E-state index in [4.69, 9.17) is 4.98 Å². The fourth-order valence-corrected chi connectivity index (χ4v) is 4.87. The van der Waals surface area contributed by atoms with Crippen LogP contribution in [-0.4, -0.2) is 45.1 Å². The minimum Gasteiger partial charge on any atom is -0.322 e. The smallest absolute Gasteiger partial charge is 0.112 e. The first kappa shape index (κ1) is 13.6. The van der Waals surface area contributed by atoms with E-state index in [0.717, 1.165) is 11.6 Å². The monoisotopic (exact) mass is 301 g/mol. The van der Waals surface area contributed by atoms with Crippen molar-refractivity contribution in [3.05, 3.63) is 30.1 Å². The highest BCUT2D eigenvalue weighted by molar-refractivity contribution is 7.99. The molecular weight excluding hydrogens is 278 g/mol. The lowest BCUT2D eigenvalue weighted by Gasteiger charge is -2.44. The molecule has 2 saturated heterocycles. The van der Waals surface area contributed by atoms with Crippen LogP contribution in [0.4, 0.5) is 0 Å². The summed E-state index contributed by atoms with van der Waals surface area (Å²) in [5, 5.41) is 0. The molecule has 4 rings (SSSR count). The van der Waals surface area contributed by atoms with Crippen LogP contribution in [0.25, 0.3) is 11.0 Å². The van der Waals surface area contributed by atoms with Crippen LogP contribution in [0, 0.1) is 0 Å². The van der Waals surface area contributed by atoms with Gasteiger partial charge in [0.25, 0.3) is 0 Å². The summed E-state index contributed by atoms with van der Waals surface area (Å²) in [5.74, 6) is 4.40. The normalized spacial score (nSPS) is 24.0. The highest BCUT2D eigenvalue weighted by atomic mass is 32.2. The Morgan fingerprint density at radius 1 is 1.19 bits per heavy atom. The molecule has 2 aromatic rings. The van der Waals surface area contributed by atoms with Gasteiger partial charge in [-0.3, -0.25) is 4.90 Å². The van der Waals surface area contributed by atoms with E-state index in [1.54, 1.807) is 0 Å². The zero-order valence-corrected chi connectivity index (χ0v) is 13.6. The summed E-state index contributed by atoms with van der Waals surface area (Å²) in [6, 6.07) is 10.0. The van der Waals surface area contributed by atoms with Crippen molar-refractivity contribution >= 4 is 22.8 Å². The predicted octanol–water partition coefficient (Wildman–Crippen LogP) is 3.52. The number of hydrogen-bond acceptors (Lipinski definition) is 3. The van der Waals surface area contributed by atoms with Gasteiger partial charge in [-0.05, 0) is 24.3 Å². The molecule has 21 heavy (non-hydrogen) atoms. The number of benzene rings is 1. The van der Waals surface area contributed by atoms with Crippen molar-refractivity contribution in [3.63, 3.8) is 0 Å². The maximum atomic E-state index is 4.88. The lowest BCUT2D eigenvalue weighted by molar-refractivity contribution is 0.0699. The van der Waals surface area contributed by atoms with Gasteiger partial charge in [0.15, 0.2) is 0 Å². The number of fused-ring (bicyclic) bond motifs is 1. The van der Waals surface area contributed by atoms with Gasteiger partial charge in [0.05, 0.1) is 17.1 Å². The highest BCUT2D eigenvalue weighted by Gasteiger charge is 2.36. The number of para-hydroxylation sites is 2. The van der Waals surface area contributed by atoms with Crippen LogP contribution in [0.15, 0.2) is 24.3 Å². The van der Waals surface area contributed by atoms with Crippen LogP contribution in [0.5, 0.6) is 0 Å². The second-order valence-corrected chi connectivity index (χ2v) is 7.76. The molecule has 2 fully saturated rings. The van der Waals surface area contributed by atoms with Gasteiger partial charge in [0.1, 0.15) is 5.82 Å². The van der Waals surface area contributed by atoms with Gasteiger partial charge in [0.2, 0.25) is 0 Å². The Morgan fingerprint density at radius 3 is 2.71 bits per heavy atom. The van der Waals surface area contributed by atoms with Crippen LogP contribution in [0.3, 0.4) is 0 Å². The lowest BCUT2D eigenvalue weighted by atomic mass is 10.0. The van der Waals surface area contributed by atoms with Crippen molar-refractivity contribution in [2.45, 2.75) is 38.3 Å². The van der Waals surface area contributed by atoms with E-state index in [9.17, 15) is 0 Å². The standard InChI is InChI=1S/C17H23N3S/c1-12(2)17-18-15-5-3-4-6-16(15)20(17)14-9-19(10-14)13-7-8-21-11-13/h3-6,12-14H,7-11H2,1-2H3.